The third-order valence-corrected chi connectivity index (χ3v) is 4.18. The molecule has 0 amide bonds. The van der Waals surface area contributed by atoms with E-state index in [1.54, 1.807) is 12.1 Å². The molecule has 0 radical (unpaired) electrons. The fraction of sp³-hybridized carbons (Fsp3) is 0.500. The highest BCUT2D eigenvalue weighted by molar-refractivity contribution is 6.31. The Balaban J connectivity index is 1.85. The van der Waals surface area contributed by atoms with Gasteiger partial charge in [0.15, 0.2) is 11.5 Å². The molecule has 1 aromatic carbocycles. The molecule has 20 heavy (non-hydrogen) atoms. The molecule has 1 heterocycles. The van der Waals surface area contributed by atoms with Gasteiger partial charge in [-0.2, -0.15) is 0 Å². The van der Waals surface area contributed by atoms with E-state index in [1.807, 2.05) is 0 Å². The number of fused-ring (bicyclic) bond motifs is 1. The van der Waals surface area contributed by atoms with Crippen molar-refractivity contribution in [3.63, 3.8) is 0 Å². The number of carbonyl (C=O) groups is 1. The van der Waals surface area contributed by atoms with Crippen LogP contribution in [0.1, 0.15) is 31.2 Å². The van der Waals surface area contributed by atoms with Crippen LogP contribution in [0, 0.1) is 0 Å². The van der Waals surface area contributed by atoms with Gasteiger partial charge in [-0.15, -0.1) is 0 Å². The lowest BCUT2D eigenvalue weighted by Gasteiger charge is -2.21. The van der Waals surface area contributed by atoms with E-state index in [9.17, 15) is 4.79 Å². The molecule has 108 valence electrons. The zero-order valence-electron chi connectivity index (χ0n) is 10.9. The van der Waals surface area contributed by atoms with Crippen molar-refractivity contribution in [3.05, 3.63) is 22.7 Å². The van der Waals surface area contributed by atoms with Crippen LogP contribution in [0.15, 0.2) is 12.1 Å². The second-order valence-corrected chi connectivity index (χ2v) is 5.77. The summed E-state index contributed by atoms with van der Waals surface area (Å²) in [5.74, 6) is -0.335. The molecule has 1 unspecified atom stereocenters. The van der Waals surface area contributed by atoms with Gasteiger partial charge in [0.05, 0.1) is 0 Å². The van der Waals surface area contributed by atoms with Crippen LogP contribution in [-0.4, -0.2) is 22.9 Å². The lowest BCUT2D eigenvalue weighted by molar-refractivity contribution is -0.138. The number of rotatable bonds is 3. The maximum atomic E-state index is 10.8. The molecule has 0 aromatic heterocycles. The van der Waals surface area contributed by atoms with Crippen molar-refractivity contribution in [2.75, 3.05) is 0 Å². The molecular formula is C14H16ClNO4. The number of carboxylic acid groups (broad SMARTS) is 1. The van der Waals surface area contributed by atoms with Crippen LogP contribution in [0.3, 0.4) is 0 Å². The van der Waals surface area contributed by atoms with Gasteiger partial charge in [-0.25, -0.2) is 0 Å². The zero-order chi connectivity index (χ0) is 14.3. The van der Waals surface area contributed by atoms with Crippen LogP contribution in [0.2, 0.25) is 5.02 Å². The van der Waals surface area contributed by atoms with Gasteiger partial charge >= 0.3 is 5.97 Å². The summed E-state index contributed by atoms with van der Waals surface area (Å²) in [4.78, 5) is 10.8. The molecule has 1 aliphatic carbocycles. The minimum atomic E-state index is -1.05. The summed E-state index contributed by atoms with van der Waals surface area (Å²) < 4.78 is 11.8. The first kappa shape index (κ1) is 13.5. The monoisotopic (exact) mass is 297 g/mol. The average Bonchev–Trinajstić information content (AvgIpc) is 2.96. The predicted octanol–water partition coefficient (Wildman–Crippen LogP) is 2.34. The molecule has 3 rings (SSSR count). The van der Waals surface area contributed by atoms with Crippen LogP contribution in [-0.2, 0) is 11.2 Å². The van der Waals surface area contributed by atoms with Crippen molar-refractivity contribution >= 4 is 17.6 Å². The van der Waals surface area contributed by atoms with Crippen molar-refractivity contribution in [1.82, 2.24) is 0 Å². The maximum Gasteiger partial charge on any atom is 0.320 e. The van der Waals surface area contributed by atoms with Crippen molar-refractivity contribution < 1.29 is 19.4 Å². The number of hydrogen-bond donors (Lipinski definition) is 2. The number of hydrogen-bond acceptors (Lipinski definition) is 4. The minimum absolute atomic E-state index is 0.164. The fourth-order valence-electron chi connectivity index (χ4n) is 2.76. The number of ether oxygens (including phenoxy) is 2. The Morgan fingerprint density at radius 2 is 1.95 bits per heavy atom. The number of nitrogens with two attached hydrogens (primary N) is 1. The van der Waals surface area contributed by atoms with Crippen LogP contribution in [0.4, 0.5) is 0 Å². The van der Waals surface area contributed by atoms with Crippen molar-refractivity contribution in [3.8, 4) is 11.5 Å². The summed E-state index contributed by atoms with van der Waals surface area (Å²) in [5, 5.41) is 9.33. The Hall–Kier alpha value is -1.46. The summed E-state index contributed by atoms with van der Waals surface area (Å²) in [6.07, 6.45) is 4.06. The van der Waals surface area contributed by atoms with Crippen LogP contribution < -0.4 is 15.2 Å². The average molecular weight is 298 g/mol. The van der Waals surface area contributed by atoms with Crippen molar-refractivity contribution in [2.24, 2.45) is 5.73 Å². The first-order valence-electron chi connectivity index (χ1n) is 6.68. The Morgan fingerprint density at radius 3 is 2.55 bits per heavy atom. The quantitative estimate of drug-likeness (QED) is 0.895. The van der Waals surface area contributed by atoms with E-state index in [-0.39, 0.29) is 6.42 Å². The number of aliphatic carboxylic acids is 1. The third-order valence-electron chi connectivity index (χ3n) is 3.83. The summed E-state index contributed by atoms with van der Waals surface area (Å²) in [7, 11) is 0. The molecule has 1 spiro atoms. The second kappa shape index (κ2) is 4.82. The first-order chi connectivity index (χ1) is 9.49. The Labute approximate surface area is 121 Å². The molecule has 1 fully saturated rings. The molecule has 0 bridgehead atoms. The van der Waals surface area contributed by atoms with Gasteiger partial charge in [-0.1, -0.05) is 11.6 Å². The molecule has 1 saturated carbocycles. The molecule has 0 saturated heterocycles. The molecular weight excluding hydrogens is 282 g/mol. The van der Waals surface area contributed by atoms with Crippen LogP contribution in [0.25, 0.3) is 0 Å². The normalized spacial score (nSPS) is 20.3. The molecule has 2 aliphatic rings. The Morgan fingerprint density at radius 1 is 1.35 bits per heavy atom. The standard InChI is InChI=1S/C14H16ClNO4/c15-9-7-12-11(6-8(9)5-10(16)13(17)18)19-14(20-12)3-1-2-4-14/h6-7,10H,1-5,16H2,(H,17,18). The summed E-state index contributed by atoms with van der Waals surface area (Å²) in [6.45, 7) is 0. The van der Waals surface area contributed by atoms with E-state index >= 15 is 0 Å². The highest BCUT2D eigenvalue weighted by atomic mass is 35.5. The third kappa shape index (κ3) is 2.31. The molecule has 1 atom stereocenters. The molecule has 1 aromatic rings. The van der Waals surface area contributed by atoms with Gasteiger partial charge in [0.1, 0.15) is 6.04 Å². The summed E-state index contributed by atoms with van der Waals surface area (Å²) in [5.41, 5.74) is 6.21. The smallest absolute Gasteiger partial charge is 0.320 e. The van der Waals surface area contributed by atoms with E-state index in [0.29, 0.717) is 22.1 Å². The zero-order valence-corrected chi connectivity index (χ0v) is 11.7. The van der Waals surface area contributed by atoms with Gasteiger partial charge in [-0.3, -0.25) is 4.79 Å². The van der Waals surface area contributed by atoms with Crippen molar-refractivity contribution in [2.45, 2.75) is 43.9 Å². The van der Waals surface area contributed by atoms with E-state index in [2.05, 4.69) is 0 Å². The van der Waals surface area contributed by atoms with Gasteiger partial charge in [0, 0.05) is 23.9 Å². The largest absolute Gasteiger partial charge is 0.480 e. The van der Waals surface area contributed by atoms with Crippen LogP contribution in [0.5, 0.6) is 11.5 Å². The predicted molar refractivity (Wildman–Crippen MR) is 73.2 cm³/mol. The lowest BCUT2D eigenvalue weighted by atomic mass is 10.1. The van der Waals surface area contributed by atoms with E-state index < -0.39 is 17.8 Å². The number of halogens is 1. The maximum absolute atomic E-state index is 10.8. The molecule has 5 nitrogen and oxygen atoms in total. The molecule has 6 heteroatoms. The van der Waals surface area contributed by atoms with Crippen LogP contribution >= 0.6 is 11.6 Å². The molecule has 3 N–H and O–H groups in total. The fourth-order valence-corrected chi connectivity index (χ4v) is 2.99. The van der Waals surface area contributed by atoms with Crippen molar-refractivity contribution in [1.29, 1.82) is 0 Å². The van der Waals surface area contributed by atoms with Gasteiger partial charge < -0.3 is 20.3 Å². The first-order valence-corrected chi connectivity index (χ1v) is 7.06. The number of benzene rings is 1. The highest BCUT2D eigenvalue weighted by Crippen LogP contribution is 2.48. The van der Waals surface area contributed by atoms with Gasteiger partial charge in [-0.05, 0) is 30.9 Å². The van der Waals surface area contributed by atoms with E-state index in [4.69, 9.17) is 31.9 Å². The minimum Gasteiger partial charge on any atom is -0.480 e. The SMILES string of the molecule is NC(Cc1cc2c(cc1Cl)OC1(CCCC1)O2)C(=O)O. The number of carboxylic acids is 1. The summed E-state index contributed by atoms with van der Waals surface area (Å²) >= 11 is 6.17. The van der Waals surface area contributed by atoms with E-state index in [0.717, 1.165) is 25.7 Å². The Kier molecular flexibility index (Phi) is 3.26. The summed E-state index contributed by atoms with van der Waals surface area (Å²) in [6, 6.07) is 2.45. The van der Waals surface area contributed by atoms with E-state index in [1.165, 1.54) is 0 Å². The topological polar surface area (TPSA) is 81.8 Å². The molecule has 1 aliphatic heterocycles. The Bertz CT molecular complexity index is 554. The second-order valence-electron chi connectivity index (χ2n) is 5.36. The van der Waals surface area contributed by atoms with Gasteiger partial charge in [0.2, 0.25) is 0 Å². The lowest BCUT2D eigenvalue weighted by Crippen LogP contribution is -2.34. The highest BCUT2D eigenvalue weighted by Gasteiger charge is 2.44. The van der Waals surface area contributed by atoms with Gasteiger partial charge in [0.25, 0.3) is 5.79 Å².